The van der Waals surface area contributed by atoms with Crippen molar-refractivity contribution in [3.63, 3.8) is 0 Å². The average molecular weight is 404 g/mol. The molecular weight excluding hydrogens is 390 g/mol. The smallest absolute Gasteiger partial charge is 0.230 e. The summed E-state index contributed by atoms with van der Waals surface area (Å²) in [5, 5.41) is 6.99. The van der Waals surface area contributed by atoms with Crippen LogP contribution in [0.1, 0.15) is 5.56 Å². The molecule has 2 heterocycles. The van der Waals surface area contributed by atoms with Gasteiger partial charge in [0.1, 0.15) is 12.7 Å². The van der Waals surface area contributed by atoms with Gasteiger partial charge < -0.3 is 5.32 Å². The van der Waals surface area contributed by atoms with Crippen molar-refractivity contribution in [3.05, 3.63) is 65.3 Å². The van der Waals surface area contributed by atoms with Crippen LogP contribution in [0.25, 0.3) is 5.82 Å². The van der Waals surface area contributed by atoms with E-state index in [0.717, 1.165) is 14.9 Å². The molecule has 8 heteroatoms. The molecule has 6 nitrogen and oxygen atoms in total. The molecule has 0 saturated heterocycles. The van der Waals surface area contributed by atoms with Crippen LogP contribution in [0.5, 0.6) is 0 Å². The number of thioether (sulfide) groups is 1. The maximum absolute atomic E-state index is 12.1. The van der Waals surface area contributed by atoms with Gasteiger partial charge in [-0.25, -0.2) is 14.6 Å². The van der Waals surface area contributed by atoms with Gasteiger partial charge in [-0.15, -0.1) is 11.8 Å². The summed E-state index contributed by atoms with van der Waals surface area (Å²) < 4.78 is 2.60. The Morgan fingerprint density at radius 2 is 2.08 bits per heavy atom. The molecule has 24 heavy (non-hydrogen) atoms. The van der Waals surface area contributed by atoms with Crippen LogP contribution in [0.4, 0.5) is 0 Å². The van der Waals surface area contributed by atoms with Crippen molar-refractivity contribution in [1.29, 1.82) is 0 Å². The van der Waals surface area contributed by atoms with Crippen molar-refractivity contribution in [3.8, 4) is 5.82 Å². The molecule has 1 N–H and O–H groups in total. The fraction of sp³-hybridized carbons (Fsp3) is 0.125. The van der Waals surface area contributed by atoms with Crippen LogP contribution in [-0.2, 0) is 11.3 Å². The van der Waals surface area contributed by atoms with Crippen molar-refractivity contribution in [2.75, 3.05) is 5.75 Å². The number of benzene rings is 1. The molecule has 122 valence electrons. The van der Waals surface area contributed by atoms with E-state index in [9.17, 15) is 4.79 Å². The second kappa shape index (κ2) is 8.07. The number of aromatic nitrogens is 4. The summed E-state index contributed by atoms with van der Waals surface area (Å²) in [6, 6.07) is 11.6. The highest BCUT2D eigenvalue weighted by Gasteiger charge is 2.08. The largest absolute Gasteiger partial charge is 0.351 e. The van der Waals surface area contributed by atoms with Gasteiger partial charge in [-0.05, 0) is 30.3 Å². The van der Waals surface area contributed by atoms with E-state index in [4.69, 9.17) is 0 Å². The van der Waals surface area contributed by atoms with Gasteiger partial charge in [-0.3, -0.25) is 4.79 Å². The first kappa shape index (κ1) is 16.7. The summed E-state index contributed by atoms with van der Waals surface area (Å²) in [6.45, 7) is 0.392. The lowest BCUT2D eigenvalue weighted by Gasteiger charge is -2.09. The molecule has 0 aliphatic carbocycles. The van der Waals surface area contributed by atoms with Gasteiger partial charge in [0.05, 0.1) is 5.75 Å². The Bertz CT molecular complexity index is 808. The molecule has 0 aliphatic heterocycles. The third-order valence-corrected chi connectivity index (χ3v) is 4.70. The molecule has 0 radical (unpaired) electrons. The van der Waals surface area contributed by atoms with E-state index in [1.807, 2.05) is 36.4 Å². The number of amides is 1. The van der Waals surface area contributed by atoms with Gasteiger partial charge in [0.25, 0.3) is 0 Å². The minimum Gasteiger partial charge on any atom is -0.351 e. The van der Waals surface area contributed by atoms with Crippen molar-refractivity contribution in [2.45, 2.75) is 11.4 Å². The van der Waals surface area contributed by atoms with Crippen LogP contribution in [-0.4, -0.2) is 31.4 Å². The van der Waals surface area contributed by atoms with Gasteiger partial charge in [-0.2, -0.15) is 5.10 Å². The number of nitrogens with zero attached hydrogens (tertiary/aromatic N) is 4. The lowest BCUT2D eigenvalue weighted by molar-refractivity contribution is -0.118. The maximum Gasteiger partial charge on any atom is 0.230 e. The molecule has 0 aliphatic rings. The number of nitrogens with one attached hydrogen (secondary N) is 1. The summed E-state index contributed by atoms with van der Waals surface area (Å²) >= 11 is 4.89. The van der Waals surface area contributed by atoms with Crippen molar-refractivity contribution < 1.29 is 4.79 Å². The molecule has 0 spiro atoms. The van der Waals surface area contributed by atoms with E-state index in [2.05, 4.69) is 36.3 Å². The van der Waals surface area contributed by atoms with E-state index in [1.54, 1.807) is 17.2 Å². The first-order chi connectivity index (χ1) is 11.7. The Labute approximate surface area is 151 Å². The Morgan fingerprint density at radius 3 is 2.83 bits per heavy atom. The summed E-state index contributed by atoms with van der Waals surface area (Å²) in [4.78, 5) is 21.3. The number of carbonyl (C=O) groups excluding carboxylic acids is 1. The second-order valence-electron chi connectivity index (χ2n) is 4.85. The molecule has 2 aromatic heterocycles. The zero-order valence-electron chi connectivity index (χ0n) is 12.6. The Morgan fingerprint density at radius 1 is 1.25 bits per heavy atom. The van der Waals surface area contributed by atoms with E-state index >= 15 is 0 Å². The van der Waals surface area contributed by atoms with Crippen molar-refractivity contribution in [1.82, 2.24) is 25.1 Å². The van der Waals surface area contributed by atoms with Gasteiger partial charge in [0.2, 0.25) is 5.91 Å². The molecule has 0 bridgehead atoms. The molecule has 1 aromatic carbocycles. The zero-order chi connectivity index (χ0) is 16.8. The van der Waals surface area contributed by atoms with Crippen LogP contribution in [0, 0.1) is 0 Å². The normalized spacial score (nSPS) is 10.5. The Balaban J connectivity index is 1.56. The van der Waals surface area contributed by atoms with Gasteiger partial charge in [0.15, 0.2) is 5.82 Å². The maximum atomic E-state index is 12.1. The van der Waals surface area contributed by atoms with Crippen LogP contribution in [0.15, 0.2) is 64.6 Å². The van der Waals surface area contributed by atoms with Gasteiger partial charge >= 0.3 is 0 Å². The molecule has 1 amide bonds. The van der Waals surface area contributed by atoms with E-state index < -0.39 is 0 Å². The molecular formula is C16H14BrN5OS. The summed E-state index contributed by atoms with van der Waals surface area (Å²) in [6.07, 6.45) is 4.72. The van der Waals surface area contributed by atoms with E-state index in [0.29, 0.717) is 18.1 Å². The van der Waals surface area contributed by atoms with Gasteiger partial charge in [0, 0.05) is 27.7 Å². The zero-order valence-corrected chi connectivity index (χ0v) is 15.0. The summed E-state index contributed by atoms with van der Waals surface area (Å²) in [7, 11) is 0. The fourth-order valence-corrected chi connectivity index (χ4v) is 3.01. The highest BCUT2D eigenvalue weighted by molar-refractivity contribution is 9.10. The van der Waals surface area contributed by atoms with E-state index in [-0.39, 0.29) is 5.91 Å². The minimum absolute atomic E-state index is 0.0312. The molecule has 3 aromatic rings. The Hall–Kier alpha value is -2.19. The number of rotatable bonds is 6. The summed E-state index contributed by atoms with van der Waals surface area (Å²) in [5.41, 5.74) is 0.880. The van der Waals surface area contributed by atoms with Crippen LogP contribution >= 0.6 is 27.7 Å². The number of hydrogen-bond acceptors (Lipinski definition) is 5. The standard InChI is InChI=1S/C16H14BrN5OS/c17-13-3-5-14(6-4-13)24-9-15(23)20-8-12-2-1-7-19-16(12)22-11-18-10-21-22/h1-7,10-11H,8-9H2,(H,20,23). The number of pyridine rings is 1. The molecule has 0 unspecified atom stereocenters. The third-order valence-electron chi connectivity index (χ3n) is 3.16. The number of hydrogen-bond donors (Lipinski definition) is 1. The van der Waals surface area contributed by atoms with Gasteiger partial charge in [-0.1, -0.05) is 22.0 Å². The fourth-order valence-electron chi connectivity index (χ4n) is 2.02. The Kier molecular flexibility index (Phi) is 5.60. The predicted molar refractivity (Wildman–Crippen MR) is 95.9 cm³/mol. The van der Waals surface area contributed by atoms with Crippen LogP contribution in [0.3, 0.4) is 0 Å². The monoisotopic (exact) mass is 403 g/mol. The lowest BCUT2D eigenvalue weighted by Crippen LogP contribution is -2.25. The van der Waals surface area contributed by atoms with Crippen molar-refractivity contribution >= 4 is 33.6 Å². The van der Waals surface area contributed by atoms with E-state index in [1.165, 1.54) is 18.1 Å². The molecule has 3 rings (SSSR count). The molecule has 0 fully saturated rings. The number of carbonyl (C=O) groups is 1. The number of halogens is 1. The van der Waals surface area contributed by atoms with Crippen molar-refractivity contribution in [2.24, 2.45) is 0 Å². The first-order valence-electron chi connectivity index (χ1n) is 7.16. The van der Waals surface area contributed by atoms with Crippen LogP contribution < -0.4 is 5.32 Å². The lowest BCUT2D eigenvalue weighted by atomic mass is 10.2. The highest BCUT2D eigenvalue weighted by Crippen LogP contribution is 2.20. The van der Waals surface area contributed by atoms with Crippen LogP contribution in [0.2, 0.25) is 0 Å². The second-order valence-corrected chi connectivity index (χ2v) is 6.81. The average Bonchev–Trinajstić information content (AvgIpc) is 3.14. The predicted octanol–water partition coefficient (Wildman–Crippen LogP) is 2.83. The first-order valence-corrected chi connectivity index (χ1v) is 8.94. The summed E-state index contributed by atoms with van der Waals surface area (Å²) in [5.74, 6) is 0.993. The quantitative estimate of drug-likeness (QED) is 0.640. The molecule has 0 saturated carbocycles. The third kappa shape index (κ3) is 4.42. The minimum atomic E-state index is -0.0312. The molecule has 0 atom stereocenters. The highest BCUT2D eigenvalue weighted by atomic mass is 79.9. The topological polar surface area (TPSA) is 72.7 Å². The SMILES string of the molecule is O=C(CSc1ccc(Br)cc1)NCc1cccnc1-n1cncn1.